The molecule has 0 radical (unpaired) electrons. The lowest BCUT2D eigenvalue weighted by Crippen LogP contribution is -1.99. The van der Waals surface area contributed by atoms with Crippen LogP contribution in [0.25, 0.3) is 0 Å². The molecule has 1 aromatic rings. The van der Waals surface area contributed by atoms with Gasteiger partial charge in [-0.2, -0.15) is 0 Å². The van der Waals surface area contributed by atoms with E-state index in [1.807, 2.05) is 33.8 Å². The first-order valence-electron chi connectivity index (χ1n) is 4.83. The van der Waals surface area contributed by atoms with Gasteiger partial charge in [-0.05, 0) is 55.5 Å². The first-order valence-corrected chi connectivity index (χ1v) is 6.63. The molecule has 1 rings (SSSR count). The lowest BCUT2D eigenvalue weighted by Gasteiger charge is -2.15. The number of aryl methyl sites for hydroxylation is 2. The molecule has 4 heteroatoms. The maximum Gasteiger partial charge on any atom is 0.329 e. The number of benzene rings is 1. The molecule has 0 amide bonds. The van der Waals surface area contributed by atoms with Crippen LogP contribution in [0.2, 0.25) is 0 Å². The van der Waals surface area contributed by atoms with Crippen LogP contribution >= 0.6 is 7.60 Å². The van der Waals surface area contributed by atoms with E-state index in [9.17, 15) is 4.57 Å². The highest BCUT2D eigenvalue weighted by molar-refractivity contribution is 7.50. The molecule has 84 valence electrons. The molecule has 0 aromatic heterocycles. The van der Waals surface area contributed by atoms with Gasteiger partial charge in [-0.3, -0.25) is 4.57 Å². The fraction of sp³-hybridized carbons (Fsp3) is 0.455. The molecule has 0 fully saturated rings. The van der Waals surface area contributed by atoms with E-state index in [2.05, 4.69) is 0 Å². The minimum Gasteiger partial charge on any atom is -0.324 e. The molecule has 0 atom stereocenters. The van der Waals surface area contributed by atoms with Gasteiger partial charge in [0, 0.05) is 0 Å². The summed E-state index contributed by atoms with van der Waals surface area (Å²) in [6.07, 6.45) is -0.160. The molecule has 0 heterocycles. The fourth-order valence-electron chi connectivity index (χ4n) is 1.74. The van der Waals surface area contributed by atoms with Crippen molar-refractivity contribution in [3.63, 3.8) is 0 Å². The Morgan fingerprint density at radius 3 is 1.80 bits per heavy atom. The summed E-state index contributed by atoms with van der Waals surface area (Å²) >= 11 is 0. The fourth-order valence-corrected chi connectivity index (χ4v) is 2.63. The van der Waals surface area contributed by atoms with Crippen molar-refractivity contribution in [3.05, 3.63) is 33.9 Å². The second-order valence-corrected chi connectivity index (χ2v) is 5.71. The maximum atomic E-state index is 11.0. The molecule has 1 aromatic carbocycles. The van der Waals surface area contributed by atoms with Gasteiger partial charge < -0.3 is 9.79 Å². The zero-order valence-corrected chi connectivity index (χ0v) is 10.4. The van der Waals surface area contributed by atoms with Gasteiger partial charge in [-0.25, -0.2) is 0 Å². The molecule has 2 N–H and O–H groups in total. The SMILES string of the molecule is Cc1cc(C)c(C)c(CP(=O)(O)O)c1C. The van der Waals surface area contributed by atoms with Gasteiger partial charge in [0.25, 0.3) is 0 Å². The maximum absolute atomic E-state index is 11.0. The Balaban J connectivity index is 3.34. The highest BCUT2D eigenvalue weighted by atomic mass is 31.2. The average molecular weight is 228 g/mol. The van der Waals surface area contributed by atoms with E-state index in [-0.39, 0.29) is 6.16 Å². The smallest absolute Gasteiger partial charge is 0.324 e. The van der Waals surface area contributed by atoms with Crippen LogP contribution in [0.15, 0.2) is 6.07 Å². The number of hydrogen-bond acceptors (Lipinski definition) is 1. The normalized spacial score (nSPS) is 11.9. The Labute approximate surface area is 90.3 Å². The van der Waals surface area contributed by atoms with E-state index in [1.54, 1.807) is 0 Å². The van der Waals surface area contributed by atoms with Crippen LogP contribution in [0.4, 0.5) is 0 Å². The summed E-state index contributed by atoms with van der Waals surface area (Å²) in [6.45, 7) is 7.75. The lowest BCUT2D eigenvalue weighted by molar-refractivity contribution is 0.371. The first kappa shape index (κ1) is 12.4. The monoisotopic (exact) mass is 228 g/mol. The minimum atomic E-state index is -3.98. The van der Waals surface area contributed by atoms with Crippen molar-refractivity contribution >= 4 is 7.60 Å². The van der Waals surface area contributed by atoms with E-state index in [1.165, 1.54) is 0 Å². The molecule has 0 unspecified atom stereocenters. The van der Waals surface area contributed by atoms with Crippen molar-refractivity contribution in [2.45, 2.75) is 33.9 Å². The van der Waals surface area contributed by atoms with Crippen LogP contribution in [0.5, 0.6) is 0 Å². The van der Waals surface area contributed by atoms with E-state index in [4.69, 9.17) is 9.79 Å². The van der Waals surface area contributed by atoms with E-state index in [0.29, 0.717) is 0 Å². The van der Waals surface area contributed by atoms with Crippen LogP contribution in [0.3, 0.4) is 0 Å². The summed E-state index contributed by atoms with van der Waals surface area (Å²) in [6, 6.07) is 2.05. The van der Waals surface area contributed by atoms with Crippen LogP contribution in [-0.2, 0) is 10.7 Å². The zero-order valence-electron chi connectivity index (χ0n) is 9.53. The Hall–Kier alpha value is -0.630. The predicted molar refractivity (Wildman–Crippen MR) is 61.1 cm³/mol. The Morgan fingerprint density at radius 2 is 1.47 bits per heavy atom. The Kier molecular flexibility index (Phi) is 3.39. The summed E-state index contributed by atoms with van der Waals surface area (Å²) in [4.78, 5) is 18.0. The van der Waals surface area contributed by atoms with Crippen molar-refractivity contribution in [2.24, 2.45) is 0 Å². The molecule has 3 nitrogen and oxygen atoms in total. The van der Waals surface area contributed by atoms with E-state index < -0.39 is 7.60 Å². The third-order valence-electron chi connectivity index (χ3n) is 2.89. The molecule has 0 saturated carbocycles. The molecule has 0 spiro atoms. The number of rotatable bonds is 2. The van der Waals surface area contributed by atoms with Gasteiger partial charge in [-0.1, -0.05) is 6.07 Å². The molecule has 0 aliphatic heterocycles. The zero-order chi connectivity index (χ0) is 11.8. The second-order valence-electron chi connectivity index (χ2n) is 4.06. The van der Waals surface area contributed by atoms with Crippen molar-refractivity contribution < 1.29 is 14.4 Å². The molecular weight excluding hydrogens is 211 g/mol. The highest BCUT2D eigenvalue weighted by Gasteiger charge is 2.18. The van der Waals surface area contributed by atoms with Gasteiger partial charge in [0.1, 0.15) is 0 Å². The third kappa shape index (κ3) is 2.91. The van der Waals surface area contributed by atoms with Crippen molar-refractivity contribution in [1.29, 1.82) is 0 Å². The van der Waals surface area contributed by atoms with Crippen molar-refractivity contribution in [1.82, 2.24) is 0 Å². The standard InChI is InChI=1S/C11H17O3P/c1-7-5-8(2)10(4)11(9(7)3)6-15(12,13)14/h5H,6H2,1-4H3,(H2,12,13,14). The third-order valence-corrected chi connectivity index (χ3v) is 3.61. The molecule has 0 aliphatic rings. The largest absolute Gasteiger partial charge is 0.329 e. The van der Waals surface area contributed by atoms with E-state index >= 15 is 0 Å². The van der Waals surface area contributed by atoms with Crippen LogP contribution < -0.4 is 0 Å². The highest BCUT2D eigenvalue weighted by Crippen LogP contribution is 2.41. The molecule has 0 aliphatic carbocycles. The lowest BCUT2D eigenvalue weighted by atomic mass is 9.95. The van der Waals surface area contributed by atoms with Gasteiger partial charge in [0.05, 0.1) is 6.16 Å². The summed E-state index contributed by atoms with van der Waals surface area (Å²) in [5, 5.41) is 0. The summed E-state index contributed by atoms with van der Waals surface area (Å²) in [5.41, 5.74) is 4.94. The molecule has 0 bridgehead atoms. The summed E-state index contributed by atoms with van der Waals surface area (Å²) in [5.74, 6) is 0. The minimum absolute atomic E-state index is 0.160. The summed E-state index contributed by atoms with van der Waals surface area (Å²) < 4.78 is 11.0. The van der Waals surface area contributed by atoms with Crippen molar-refractivity contribution in [2.75, 3.05) is 0 Å². The van der Waals surface area contributed by atoms with Crippen molar-refractivity contribution in [3.8, 4) is 0 Å². The average Bonchev–Trinajstić information content (AvgIpc) is 2.08. The van der Waals surface area contributed by atoms with Gasteiger partial charge in [0.2, 0.25) is 0 Å². The molecular formula is C11H17O3P. The van der Waals surface area contributed by atoms with Gasteiger partial charge in [0.15, 0.2) is 0 Å². The first-order chi connectivity index (χ1) is 6.72. The predicted octanol–water partition coefficient (Wildman–Crippen LogP) is 2.60. The second kappa shape index (κ2) is 4.09. The van der Waals surface area contributed by atoms with Gasteiger partial charge in [-0.15, -0.1) is 0 Å². The molecule has 0 saturated heterocycles. The summed E-state index contributed by atoms with van der Waals surface area (Å²) in [7, 11) is -3.98. The van der Waals surface area contributed by atoms with Gasteiger partial charge >= 0.3 is 7.60 Å². The van der Waals surface area contributed by atoms with Crippen LogP contribution in [0.1, 0.15) is 27.8 Å². The van der Waals surface area contributed by atoms with Crippen LogP contribution in [-0.4, -0.2) is 9.79 Å². The molecule has 15 heavy (non-hydrogen) atoms. The Morgan fingerprint density at radius 1 is 1.07 bits per heavy atom. The topological polar surface area (TPSA) is 57.5 Å². The Bertz CT molecular complexity index is 406. The number of hydrogen-bond donors (Lipinski definition) is 2. The van der Waals surface area contributed by atoms with E-state index in [0.717, 1.165) is 27.8 Å². The quantitative estimate of drug-likeness (QED) is 0.765. The van der Waals surface area contributed by atoms with Crippen LogP contribution in [0, 0.1) is 27.7 Å².